The minimum Gasteiger partial charge on any atom is -0.371 e. The van der Waals surface area contributed by atoms with Crippen molar-refractivity contribution in [2.45, 2.75) is 81.2 Å². The molecule has 0 saturated carbocycles. The molecule has 0 spiro atoms. The van der Waals surface area contributed by atoms with Crippen LogP contribution < -0.4 is 5.73 Å². The van der Waals surface area contributed by atoms with Crippen LogP contribution in [0.3, 0.4) is 0 Å². The van der Waals surface area contributed by atoms with Crippen LogP contribution in [0.5, 0.6) is 0 Å². The van der Waals surface area contributed by atoms with Gasteiger partial charge in [-0.1, -0.05) is 12.1 Å². The molecular weight excluding hydrogens is 555 g/mol. The summed E-state index contributed by atoms with van der Waals surface area (Å²) in [7, 11) is 0. The Kier molecular flexibility index (Phi) is 7.88. The number of nitrogens with two attached hydrogens (primary N) is 1. The topological polar surface area (TPSA) is 58.8 Å². The molecule has 3 aliphatic rings. The number of carbonyl (C=O) groups excluding carboxylic acids is 1. The molecule has 3 aliphatic heterocycles. The summed E-state index contributed by atoms with van der Waals surface area (Å²) < 4.78 is 100. The summed E-state index contributed by atoms with van der Waals surface area (Å²) >= 11 is 0. The van der Waals surface area contributed by atoms with Crippen LogP contribution in [0.2, 0.25) is 0 Å². The summed E-state index contributed by atoms with van der Waals surface area (Å²) in [6, 6.07) is 6.74. The smallest absolute Gasteiger partial charge is 0.371 e. The van der Waals surface area contributed by atoms with Gasteiger partial charge in [-0.3, -0.25) is 9.69 Å². The van der Waals surface area contributed by atoms with Crippen LogP contribution in [-0.2, 0) is 28.5 Å². The van der Waals surface area contributed by atoms with Gasteiger partial charge in [-0.25, -0.2) is 4.39 Å². The van der Waals surface area contributed by atoms with Gasteiger partial charge in [0, 0.05) is 49.6 Å². The lowest BCUT2D eigenvalue weighted by Gasteiger charge is -2.45. The summed E-state index contributed by atoms with van der Waals surface area (Å²) in [5, 5.41) is 0. The van der Waals surface area contributed by atoms with Crippen molar-refractivity contribution in [2.75, 3.05) is 19.6 Å². The Hall–Kier alpha value is -2.70. The van der Waals surface area contributed by atoms with Crippen molar-refractivity contribution in [1.82, 2.24) is 9.80 Å². The van der Waals surface area contributed by atoms with Crippen molar-refractivity contribution < 1.29 is 40.3 Å². The van der Waals surface area contributed by atoms with Crippen molar-refractivity contribution >= 4 is 5.91 Å². The van der Waals surface area contributed by atoms with Gasteiger partial charge in [0.25, 0.3) is 0 Å². The molecule has 0 aliphatic carbocycles. The number of likely N-dealkylation sites (tertiary alicyclic amines) is 1. The zero-order valence-corrected chi connectivity index (χ0v) is 22.4. The Morgan fingerprint density at radius 3 is 2.12 bits per heavy atom. The number of benzene rings is 2. The molecule has 2 aromatic rings. The van der Waals surface area contributed by atoms with Gasteiger partial charge in [0.1, 0.15) is 5.82 Å². The molecule has 224 valence electrons. The quantitative estimate of drug-likeness (QED) is 0.455. The molecule has 2 aromatic carbocycles. The first-order valence-corrected chi connectivity index (χ1v) is 13.6. The van der Waals surface area contributed by atoms with E-state index in [1.807, 2.05) is 6.92 Å². The standard InChI is InChI=1S/C29H32F7N3O2/c1-27(37)6-8-38(9-7-27)22-13-23-26(18-2-4-21(30)5-3-18)24(15-39(23)25(40)14-22)41-16-17-10-19(28(31,32)33)12-20(11-17)29(34,35)36/h2-5,10-12,22-24,26H,6-9,13-16,37H2,1H3. The van der Waals surface area contributed by atoms with Crippen molar-refractivity contribution in [1.29, 1.82) is 0 Å². The molecule has 12 heteroatoms. The fourth-order valence-electron chi connectivity index (χ4n) is 6.39. The molecule has 41 heavy (non-hydrogen) atoms. The van der Waals surface area contributed by atoms with Crippen molar-refractivity contribution in [3.8, 4) is 0 Å². The number of amides is 1. The number of rotatable bonds is 5. The molecule has 3 saturated heterocycles. The molecule has 2 N–H and O–H groups in total. The van der Waals surface area contributed by atoms with Gasteiger partial charge in [0.2, 0.25) is 5.91 Å². The number of carbonyl (C=O) groups is 1. The third-order valence-corrected chi connectivity index (χ3v) is 8.66. The van der Waals surface area contributed by atoms with Crippen LogP contribution in [0.25, 0.3) is 0 Å². The highest BCUT2D eigenvalue weighted by atomic mass is 19.4. The van der Waals surface area contributed by atoms with E-state index in [4.69, 9.17) is 10.5 Å². The number of halogens is 7. The second kappa shape index (κ2) is 10.9. The normalized spacial score (nSPS) is 27.2. The van der Waals surface area contributed by atoms with Crippen LogP contribution in [0.4, 0.5) is 30.7 Å². The Bertz CT molecular complexity index is 1220. The minimum atomic E-state index is -4.97. The van der Waals surface area contributed by atoms with Gasteiger partial charge < -0.3 is 15.4 Å². The van der Waals surface area contributed by atoms with Gasteiger partial charge in [0.15, 0.2) is 0 Å². The summed E-state index contributed by atoms with van der Waals surface area (Å²) in [5.74, 6) is -0.996. The summed E-state index contributed by atoms with van der Waals surface area (Å²) in [6.45, 7) is 3.11. The van der Waals surface area contributed by atoms with E-state index >= 15 is 0 Å². The van der Waals surface area contributed by atoms with E-state index in [-0.39, 0.29) is 41.7 Å². The molecule has 4 unspecified atom stereocenters. The molecule has 1 amide bonds. The molecule has 0 radical (unpaired) electrons. The number of piperidine rings is 2. The average Bonchev–Trinajstić information content (AvgIpc) is 3.26. The van der Waals surface area contributed by atoms with Crippen LogP contribution in [0.15, 0.2) is 42.5 Å². The van der Waals surface area contributed by atoms with E-state index in [9.17, 15) is 35.5 Å². The summed E-state index contributed by atoms with van der Waals surface area (Å²) in [4.78, 5) is 17.3. The molecule has 0 aromatic heterocycles. The Balaban J connectivity index is 1.40. The van der Waals surface area contributed by atoms with E-state index in [0.717, 1.165) is 25.9 Å². The third kappa shape index (κ3) is 6.54. The Labute approximate surface area is 233 Å². The lowest BCUT2D eigenvalue weighted by atomic mass is 9.82. The van der Waals surface area contributed by atoms with Crippen molar-refractivity contribution in [3.05, 3.63) is 70.5 Å². The van der Waals surface area contributed by atoms with Gasteiger partial charge in [-0.05, 0) is 67.6 Å². The number of hydrogen-bond acceptors (Lipinski definition) is 4. The maximum absolute atomic E-state index is 13.8. The molecule has 3 heterocycles. The summed E-state index contributed by atoms with van der Waals surface area (Å²) in [6.07, 6.45) is -8.19. The monoisotopic (exact) mass is 587 g/mol. The Morgan fingerprint density at radius 2 is 1.56 bits per heavy atom. The first-order valence-electron chi connectivity index (χ1n) is 13.6. The van der Waals surface area contributed by atoms with Gasteiger partial charge in [-0.15, -0.1) is 0 Å². The van der Waals surface area contributed by atoms with Crippen LogP contribution in [0.1, 0.15) is 60.8 Å². The number of nitrogens with zero attached hydrogens (tertiary/aromatic N) is 2. The Morgan fingerprint density at radius 1 is 0.976 bits per heavy atom. The molecule has 3 fully saturated rings. The first-order chi connectivity index (χ1) is 19.1. The fraction of sp³-hybridized carbons (Fsp3) is 0.552. The van der Waals surface area contributed by atoms with Crippen LogP contribution >= 0.6 is 0 Å². The number of ether oxygens (including phenoxy) is 1. The van der Waals surface area contributed by atoms with Gasteiger partial charge in [-0.2, -0.15) is 26.3 Å². The van der Waals surface area contributed by atoms with Crippen LogP contribution in [-0.4, -0.2) is 59.1 Å². The molecule has 0 bridgehead atoms. The third-order valence-electron chi connectivity index (χ3n) is 8.66. The highest BCUT2D eigenvalue weighted by Crippen LogP contribution is 2.43. The van der Waals surface area contributed by atoms with Gasteiger partial charge in [0.05, 0.1) is 23.8 Å². The first kappa shape index (κ1) is 29.8. The van der Waals surface area contributed by atoms with E-state index < -0.39 is 47.9 Å². The number of alkyl halides is 6. The van der Waals surface area contributed by atoms with E-state index in [2.05, 4.69) is 4.90 Å². The highest BCUT2D eigenvalue weighted by molar-refractivity contribution is 5.79. The predicted molar refractivity (Wildman–Crippen MR) is 136 cm³/mol. The zero-order chi connectivity index (χ0) is 29.7. The molecule has 5 nitrogen and oxygen atoms in total. The lowest BCUT2D eigenvalue weighted by molar-refractivity contribution is -0.143. The zero-order valence-electron chi connectivity index (χ0n) is 22.4. The van der Waals surface area contributed by atoms with Gasteiger partial charge >= 0.3 is 12.4 Å². The molecule has 5 rings (SSSR count). The number of hydrogen-bond donors (Lipinski definition) is 1. The lowest BCUT2D eigenvalue weighted by Crippen LogP contribution is -2.56. The number of fused-ring (bicyclic) bond motifs is 1. The van der Waals surface area contributed by atoms with Crippen molar-refractivity contribution in [2.24, 2.45) is 5.73 Å². The highest BCUT2D eigenvalue weighted by Gasteiger charge is 2.50. The SMILES string of the molecule is CC1(N)CCN(C2CC(=O)N3CC(OCc4cc(C(F)(F)F)cc(C(F)(F)F)c4)C(c4ccc(F)cc4)C3C2)CC1. The minimum absolute atomic E-state index is 0.0423. The van der Waals surface area contributed by atoms with E-state index in [1.165, 1.54) is 12.1 Å². The maximum atomic E-state index is 13.8. The maximum Gasteiger partial charge on any atom is 0.416 e. The average molecular weight is 588 g/mol. The largest absolute Gasteiger partial charge is 0.416 e. The second-order valence-electron chi connectivity index (χ2n) is 11.7. The molecule has 4 atom stereocenters. The van der Waals surface area contributed by atoms with E-state index in [0.29, 0.717) is 30.5 Å². The summed E-state index contributed by atoms with van der Waals surface area (Å²) in [5.41, 5.74) is 3.59. The van der Waals surface area contributed by atoms with Crippen molar-refractivity contribution in [3.63, 3.8) is 0 Å². The second-order valence-corrected chi connectivity index (χ2v) is 11.7. The predicted octanol–water partition coefficient (Wildman–Crippen LogP) is 5.72. The van der Waals surface area contributed by atoms with E-state index in [1.54, 1.807) is 17.0 Å². The fourth-order valence-corrected chi connectivity index (χ4v) is 6.39. The van der Waals surface area contributed by atoms with Crippen LogP contribution in [0, 0.1) is 5.82 Å². The molecular formula is C29H32F7N3O2.